The number of nitrogens with one attached hydrogen (secondary N) is 1. The van der Waals surface area contributed by atoms with E-state index in [4.69, 9.17) is 16.3 Å². The summed E-state index contributed by atoms with van der Waals surface area (Å²) in [4.78, 5) is 2.18. The number of benzene rings is 2. The van der Waals surface area contributed by atoms with Gasteiger partial charge in [-0.1, -0.05) is 41.9 Å². The minimum atomic E-state index is -0.549. The standard InChI is InChI=1S/C18H21ClN2O2/c1-20-12-16(22)18(13-5-3-2-4-6-13)21-9-10-23-17-8-7-14(19)11-15(17)21/h2-8,11,16,18,20,22H,9-10,12H2,1H3. The number of aliphatic hydroxyl groups excluding tert-OH is 1. The first kappa shape index (κ1) is 16.1. The number of aliphatic hydroxyl groups is 1. The molecule has 0 aromatic heterocycles. The largest absolute Gasteiger partial charge is 0.490 e. The summed E-state index contributed by atoms with van der Waals surface area (Å²) >= 11 is 6.18. The molecule has 5 heteroatoms. The molecule has 2 atom stereocenters. The van der Waals surface area contributed by atoms with E-state index in [1.807, 2.05) is 55.6 Å². The monoisotopic (exact) mass is 332 g/mol. The summed E-state index contributed by atoms with van der Waals surface area (Å²) in [7, 11) is 1.84. The van der Waals surface area contributed by atoms with E-state index >= 15 is 0 Å². The van der Waals surface area contributed by atoms with Gasteiger partial charge in [0.05, 0.1) is 24.4 Å². The van der Waals surface area contributed by atoms with Crippen molar-refractivity contribution in [1.29, 1.82) is 0 Å². The Hall–Kier alpha value is -1.75. The van der Waals surface area contributed by atoms with Gasteiger partial charge in [0.2, 0.25) is 0 Å². The molecule has 1 heterocycles. The molecular formula is C18H21ClN2O2. The molecule has 122 valence electrons. The van der Waals surface area contributed by atoms with Crippen molar-refractivity contribution in [3.8, 4) is 5.75 Å². The van der Waals surface area contributed by atoms with Gasteiger partial charge in [0.15, 0.2) is 0 Å². The van der Waals surface area contributed by atoms with Crippen LogP contribution in [0.25, 0.3) is 0 Å². The van der Waals surface area contributed by atoms with E-state index in [9.17, 15) is 5.11 Å². The Morgan fingerprint density at radius 3 is 2.78 bits per heavy atom. The fourth-order valence-electron chi connectivity index (χ4n) is 3.08. The second-order valence-corrected chi connectivity index (χ2v) is 6.07. The van der Waals surface area contributed by atoms with Gasteiger partial charge in [0, 0.05) is 11.6 Å². The van der Waals surface area contributed by atoms with E-state index in [1.54, 1.807) is 0 Å². The lowest BCUT2D eigenvalue weighted by Gasteiger charge is -2.40. The second kappa shape index (κ2) is 7.21. The quantitative estimate of drug-likeness (QED) is 0.883. The third kappa shape index (κ3) is 3.44. The molecule has 0 bridgehead atoms. The van der Waals surface area contributed by atoms with Crippen molar-refractivity contribution in [1.82, 2.24) is 5.32 Å². The molecule has 0 saturated carbocycles. The number of hydrogen-bond acceptors (Lipinski definition) is 4. The summed E-state index contributed by atoms with van der Waals surface area (Å²) < 4.78 is 5.74. The minimum absolute atomic E-state index is 0.162. The van der Waals surface area contributed by atoms with Crippen molar-refractivity contribution >= 4 is 17.3 Å². The Morgan fingerprint density at radius 1 is 1.26 bits per heavy atom. The molecule has 3 rings (SSSR count). The summed E-state index contributed by atoms with van der Waals surface area (Å²) in [6, 6.07) is 15.5. The maximum atomic E-state index is 10.7. The van der Waals surface area contributed by atoms with E-state index in [-0.39, 0.29) is 6.04 Å². The van der Waals surface area contributed by atoms with Crippen molar-refractivity contribution in [2.75, 3.05) is 31.6 Å². The van der Waals surface area contributed by atoms with Crippen LogP contribution >= 0.6 is 11.6 Å². The smallest absolute Gasteiger partial charge is 0.142 e. The van der Waals surface area contributed by atoms with Gasteiger partial charge < -0.3 is 20.1 Å². The van der Waals surface area contributed by atoms with E-state index in [2.05, 4.69) is 10.2 Å². The summed E-state index contributed by atoms with van der Waals surface area (Å²) in [6.07, 6.45) is -0.549. The van der Waals surface area contributed by atoms with Crippen LogP contribution in [0.5, 0.6) is 5.75 Å². The predicted octanol–water partition coefficient (Wildman–Crippen LogP) is 2.86. The maximum absolute atomic E-state index is 10.7. The molecule has 2 aromatic carbocycles. The number of nitrogens with zero attached hydrogens (tertiary/aromatic N) is 1. The van der Waals surface area contributed by atoms with Crippen molar-refractivity contribution in [3.63, 3.8) is 0 Å². The zero-order chi connectivity index (χ0) is 16.2. The van der Waals surface area contributed by atoms with Gasteiger partial charge in [-0.25, -0.2) is 0 Å². The van der Waals surface area contributed by atoms with Crippen LogP contribution in [0.4, 0.5) is 5.69 Å². The van der Waals surface area contributed by atoms with Crippen molar-refractivity contribution in [3.05, 3.63) is 59.1 Å². The Morgan fingerprint density at radius 2 is 2.04 bits per heavy atom. The Labute approximate surface area is 141 Å². The molecule has 4 nitrogen and oxygen atoms in total. The van der Waals surface area contributed by atoms with Crippen LogP contribution in [0, 0.1) is 0 Å². The maximum Gasteiger partial charge on any atom is 0.142 e. The summed E-state index contributed by atoms with van der Waals surface area (Å²) in [5.74, 6) is 0.804. The van der Waals surface area contributed by atoms with Gasteiger partial charge in [-0.05, 0) is 30.8 Å². The normalized spacial score (nSPS) is 16.4. The number of anilines is 1. The van der Waals surface area contributed by atoms with Gasteiger partial charge in [-0.2, -0.15) is 0 Å². The van der Waals surface area contributed by atoms with Gasteiger partial charge in [-0.15, -0.1) is 0 Å². The van der Waals surface area contributed by atoms with Gasteiger partial charge in [-0.3, -0.25) is 0 Å². The molecule has 2 aromatic rings. The fourth-order valence-corrected chi connectivity index (χ4v) is 3.25. The van der Waals surface area contributed by atoms with Crippen molar-refractivity contribution < 1.29 is 9.84 Å². The fraction of sp³-hybridized carbons (Fsp3) is 0.333. The molecular weight excluding hydrogens is 312 g/mol. The molecule has 2 unspecified atom stereocenters. The zero-order valence-electron chi connectivity index (χ0n) is 13.1. The first-order chi connectivity index (χ1) is 11.2. The molecule has 2 N–H and O–H groups in total. The van der Waals surface area contributed by atoms with E-state index in [0.717, 1.165) is 17.0 Å². The first-order valence-electron chi connectivity index (χ1n) is 7.77. The molecule has 1 aliphatic rings. The average Bonchev–Trinajstić information content (AvgIpc) is 2.57. The van der Waals surface area contributed by atoms with Crippen LogP contribution in [0.3, 0.4) is 0 Å². The van der Waals surface area contributed by atoms with Gasteiger partial charge in [0.25, 0.3) is 0 Å². The van der Waals surface area contributed by atoms with Gasteiger partial charge >= 0.3 is 0 Å². The lowest BCUT2D eigenvalue weighted by atomic mass is 9.98. The van der Waals surface area contributed by atoms with Gasteiger partial charge in [0.1, 0.15) is 12.4 Å². The van der Waals surface area contributed by atoms with Crippen LogP contribution in [-0.4, -0.2) is 38.0 Å². The SMILES string of the molecule is CNCC(O)C(c1ccccc1)N1CCOc2ccc(Cl)cc21. The summed E-state index contributed by atoms with van der Waals surface area (Å²) in [6.45, 7) is 1.80. The lowest BCUT2D eigenvalue weighted by Crippen LogP contribution is -2.44. The molecule has 1 aliphatic heterocycles. The second-order valence-electron chi connectivity index (χ2n) is 5.63. The van der Waals surface area contributed by atoms with E-state index in [0.29, 0.717) is 24.7 Å². The van der Waals surface area contributed by atoms with Crippen LogP contribution in [-0.2, 0) is 0 Å². The number of rotatable bonds is 5. The lowest BCUT2D eigenvalue weighted by molar-refractivity contribution is 0.135. The highest BCUT2D eigenvalue weighted by atomic mass is 35.5. The van der Waals surface area contributed by atoms with E-state index in [1.165, 1.54) is 0 Å². The zero-order valence-corrected chi connectivity index (χ0v) is 13.8. The van der Waals surface area contributed by atoms with E-state index < -0.39 is 6.10 Å². The third-order valence-corrected chi connectivity index (χ3v) is 4.31. The average molecular weight is 333 g/mol. The highest BCUT2D eigenvalue weighted by Gasteiger charge is 2.31. The topological polar surface area (TPSA) is 44.7 Å². The predicted molar refractivity (Wildman–Crippen MR) is 93.4 cm³/mol. The molecule has 0 saturated heterocycles. The van der Waals surface area contributed by atoms with Crippen LogP contribution < -0.4 is 15.0 Å². The van der Waals surface area contributed by atoms with Crippen LogP contribution in [0.15, 0.2) is 48.5 Å². The first-order valence-corrected chi connectivity index (χ1v) is 8.15. The molecule has 0 amide bonds. The molecule has 0 aliphatic carbocycles. The van der Waals surface area contributed by atoms with Crippen molar-refractivity contribution in [2.24, 2.45) is 0 Å². The number of fused-ring (bicyclic) bond motifs is 1. The third-order valence-electron chi connectivity index (χ3n) is 4.07. The Bertz CT molecular complexity index is 651. The summed E-state index contributed by atoms with van der Waals surface area (Å²) in [5.41, 5.74) is 2.00. The molecule has 0 spiro atoms. The Kier molecular flexibility index (Phi) is 5.06. The number of likely N-dealkylation sites (N-methyl/N-ethyl adjacent to an activating group) is 1. The van der Waals surface area contributed by atoms with Crippen LogP contribution in [0.2, 0.25) is 5.02 Å². The van der Waals surface area contributed by atoms with Crippen LogP contribution in [0.1, 0.15) is 11.6 Å². The highest BCUT2D eigenvalue weighted by Crippen LogP contribution is 2.39. The number of hydrogen-bond donors (Lipinski definition) is 2. The molecule has 23 heavy (non-hydrogen) atoms. The minimum Gasteiger partial charge on any atom is -0.490 e. The molecule has 0 radical (unpaired) electrons. The van der Waals surface area contributed by atoms with Crippen molar-refractivity contribution in [2.45, 2.75) is 12.1 Å². The molecule has 0 fully saturated rings. The highest BCUT2D eigenvalue weighted by molar-refractivity contribution is 6.31. The number of halogens is 1. The number of ether oxygens (including phenoxy) is 1. The Balaban J connectivity index is 2.03. The summed E-state index contributed by atoms with van der Waals surface area (Å²) in [5, 5.41) is 14.5.